The maximum atomic E-state index is 7.39. The third-order valence-electron chi connectivity index (χ3n) is 2.88. The predicted octanol–water partition coefficient (Wildman–Crippen LogP) is 2.92. The molecule has 0 saturated carbocycles. The fourth-order valence-electron chi connectivity index (χ4n) is 1.68. The molecule has 0 amide bonds. The largest absolute Gasteiger partial charge is 0.466 e. The summed E-state index contributed by atoms with van der Waals surface area (Å²) in [7, 11) is 0. The average Bonchev–Trinajstić information content (AvgIpc) is 2.93. The molecule has 108 valence electrons. The summed E-state index contributed by atoms with van der Waals surface area (Å²) >= 11 is 5.87. The molecule has 2 atom stereocenters. The highest BCUT2D eigenvalue weighted by Crippen LogP contribution is 2.30. The van der Waals surface area contributed by atoms with Crippen molar-refractivity contribution in [2.45, 2.75) is 33.1 Å². The van der Waals surface area contributed by atoms with Gasteiger partial charge in [-0.3, -0.25) is 0 Å². The molecule has 2 unspecified atom stereocenters. The highest BCUT2D eigenvalue weighted by atomic mass is 35.5. The molecule has 20 heavy (non-hydrogen) atoms. The number of nitrogens with zero attached hydrogens (tertiary/aromatic N) is 3. The maximum absolute atomic E-state index is 7.39. The minimum absolute atomic E-state index is 0.315. The van der Waals surface area contributed by atoms with Crippen molar-refractivity contribution in [2.75, 3.05) is 0 Å². The summed E-state index contributed by atoms with van der Waals surface area (Å²) in [5.74, 6) is 0.617. The molecule has 0 fully saturated rings. The van der Waals surface area contributed by atoms with Gasteiger partial charge in [-0.15, -0.1) is 0 Å². The fraction of sp³-hybridized carbons (Fsp3) is 0.429. The van der Waals surface area contributed by atoms with Gasteiger partial charge in [0.1, 0.15) is 24.5 Å². The van der Waals surface area contributed by atoms with Gasteiger partial charge in [0.25, 0.3) is 0 Å². The molecule has 0 spiro atoms. The van der Waals surface area contributed by atoms with Crippen LogP contribution >= 0.6 is 11.6 Å². The van der Waals surface area contributed by atoms with Crippen molar-refractivity contribution in [3.8, 4) is 5.75 Å². The Hall–Kier alpha value is -1.59. The Bertz CT molecular complexity index is 555. The topological polar surface area (TPSA) is 60.2 Å². The lowest BCUT2D eigenvalue weighted by atomic mass is 9.88. The first-order valence-corrected chi connectivity index (χ1v) is 6.68. The van der Waals surface area contributed by atoms with E-state index in [-0.39, 0.29) is 5.41 Å². The van der Waals surface area contributed by atoms with Gasteiger partial charge in [-0.25, -0.2) is 9.67 Å². The molecule has 5 nitrogen and oxygen atoms in total. The van der Waals surface area contributed by atoms with Crippen molar-refractivity contribution in [1.82, 2.24) is 14.8 Å². The summed E-state index contributed by atoms with van der Waals surface area (Å²) in [5, 5.41) is 9.64. The highest BCUT2D eigenvalue weighted by Gasteiger charge is 2.34. The van der Waals surface area contributed by atoms with Crippen molar-refractivity contribution in [1.29, 1.82) is 1.43 Å². The quantitative estimate of drug-likeness (QED) is 0.921. The van der Waals surface area contributed by atoms with Crippen LogP contribution in [-0.2, 0) is 0 Å². The van der Waals surface area contributed by atoms with E-state index in [0.717, 1.165) is 0 Å². The molecule has 0 radical (unpaired) electrons. The molecule has 2 rings (SSSR count). The number of hydrogen-bond donors (Lipinski definition) is 1. The molecule has 1 aromatic heterocycles. The molecule has 0 aliphatic rings. The van der Waals surface area contributed by atoms with Crippen molar-refractivity contribution in [3.05, 3.63) is 41.9 Å². The van der Waals surface area contributed by atoms with Gasteiger partial charge in [0.15, 0.2) is 0 Å². The summed E-state index contributed by atoms with van der Waals surface area (Å²) in [4.78, 5) is 3.93. The number of benzene rings is 1. The van der Waals surface area contributed by atoms with Crippen LogP contribution in [0.5, 0.6) is 5.75 Å². The second kappa shape index (κ2) is 5.81. The van der Waals surface area contributed by atoms with E-state index in [4.69, 9.17) is 22.9 Å². The van der Waals surface area contributed by atoms with Crippen LogP contribution in [0.25, 0.3) is 0 Å². The lowest BCUT2D eigenvalue weighted by Gasteiger charge is -2.32. The van der Waals surface area contributed by atoms with Gasteiger partial charge in [0.05, 0.1) is 0 Å². The molecule has 1 heterocycles. The zero-order valence-electron chi connectivity index (χ0n) is 12.7. The number of halogens is 1. The van der Waals surface area contributed by atoms with Crippen LogP contribution in [0, 0.1) is 5.41 Å². The van der Waals surface area contributed by atoms with Crippen molar-refractivity contribution in [2.24, 2.45) is 5.41 Å². The normalized spacial score (nSPS) is 15.5. The van der Waals surface area contributed by atoms with Crippen LogP contribution in [0.4, 0.5) is 0 Å². The second-order valence-electron chi connectivity index (χ2n) is 5.62. The fourth-order valence-corrected chi connectivity index (χ4v) is 1.81. The van der Waals surface area contributed by atoms with E-state index in [2.05, 4.69) is 10.1 Å². The Morgan fingerprint density at radius 2 is 2.05 bits per heavy atom. The van der Waals surface area contributed by atoms with Crippen molar-refractivity contribution in [3.63, 3.8) is 0 Å². The van der Waals surface area contributed by atoms with E-state index in [1.54, 1.807) is 35.3 Å². The number of ether oxygens (including phenoxy) is 1. The van der Waals surface area contributed by atoms with Crippen LogP contribution in [-0.4, -0.2) is 27.4 Å². The van der Waals surface area contributed by atoms with Gasteiger partial charge >= 0.3 is 0 Å². The Morgan fingerprint density at radius 3 is 2.55 bits per heavy atom. The third kappa shape index (κ3) is 3.49. The van der Waals surface area contributed by atoms with Gasteiger partial charge in [0.2, 0.25) is 7.66 Å². The summed E-state index contributed by atoms with van der Waals surface area (Å²) in [6.45, 7) is 5.92. The van der Waals surface area contributed by atoms with Crippen LogP contribution in [0.3, 0.4) is 0 Å². The molecule has 6 heteroatoms. The first-order chi connectivity index (χ1) is 9.91. The summed E-state index contributed by atoms with van der Waals surface area (Å²) in [5.41, 5.74) is -0.315. The van der Waals surface area contributed by atoms with Gasteiger partial charge < -0.3 is 9.85 Å². The smallest absolute Gasteiger partial charge is 0.219 e. The number of aliphatic hydroxyl groups is 1. The van der Waals surface area contributed by atoms with E-state index in [1.165, 1.54) is 6.33 Å². The van der Waals surface area contributed by atoms with E-state index in [0.29, 0.717) is 10.8 Å². The average molecular weight is 297 g/mol. The number of aromatic nitrogens is 3. The van der Waals surface area contributed by atoms with Crippen molar-refractivity contribution >= 4 is 11.6 Å². The first-order valence-electron chi connectivity index (χ1n) is 6.71. The van der Waals surface area contributed by atoms with Crippen LogP contribution < -0.4 is 4.74 Å². The minimum atomic E-state index is -0.605. The summed E-state index contributed by atoms with van der Waals surface area (Å²) < 4.78 is 14.9. The summed E-state index contributed by atoms with van der Waals surface area (Å²) in [6.07, 6.45) is 1.82. The first kappa shape index (κ1) is 13.4. The van der Waals surface area contributed by atoms with Gasteiger partial charge in [-0.1, -0.05) is 32.4 Å². The van der Waals surface area contributed by atoms with Crippen LogP contribution in [0.1, 0.15) is 27.0 Å². The minimum Gasteiger partial charge on any atom is -0.466 e. The Balaban J connectivity index is 2.30. The molecule has 1 aromatic carbocycles. The lowest BCUT2D eigenvalue weighted by molar-refractivity contribution is -0.0731. The molecule has 0 aliphatic carbocycles. The Morgan fingerprint density at radius 1 is 1.35 bits per heavy atom. The third-order valence-corrected chi connectivity index (χ3v) is 3.13. The van der Waals surface area contributed by atoms with Crippen LogP contribution in [0.2, 0.25) is 5.02 Å². The van der Waals surface area contributed by atoms with Crippen molar-refractivity contribution < 1.29 is 9.85 Å². The summed E-state index contributed by atoms with van der Waals surface area (Å²) in [6, 6.07) is 7.00. The zero-order valence-corrected chi connectivity index (χ0v) is 12.4. The number of hydrogen-bond acceptors (Lipinski definition) is 4. The molecule has 0 aliphatic heterocycles. The zero-order chi connectivity index (χ0) is 15.5. The molecule has 0 bridgehead atoms. The lowest BCUT2D eigenvalue weighted by Crippen LogP contribution is -2.38. The van der Waals surface area contributed by atoms with E-state index in [1.807, 2.05) is 20.8 Å². The highest BCUT2D eigenvalue weighted by molar-refractivity contribution is 6.30. The molecule has 0 saturated heterocycles. The van der Waals surface area contributed by atoms with E-state index in [9.17, 15) is 0 Å². The van der Waals surface area contributed by atoms with Gasteiger partial charge in [-0.05, 0) is 29.7 Å². The molecule has 2 aromatic rings. The van der Waals surface area contributed by atoms with Crippen LogP contribution in [0.15, 0.2) is 36.9 Å². The number of aliphatic hydroxyl groups excluding tert-OH is 1. The van der Waals surface area contributed by atoms with Gasteiger partial charge in [-0.2, -0.15) is 5.10 Å². The maximum Gasteiger partial charge on any atom is 0.219 e. The standard InChI is InChI=1S/C14H18ClN3O2/c1-14(2,3)12(19)13(18-9-16-8-17-18)20-11-6-4-10(15)5-7-11/h4-9,12-13,19H,1-3H3/i19D. The number of rotatable bonds is 5. The van der Waals surface area contributed by atoms with E-state index < -0.39 is 12.3 Å². The Labute approximate surface area is 124 Å². The predicted molar refractivity (Wildman–Crippen MR) is 76.6 cm³/mol. The Kier molecular flexibility index (Phi) is 3.89. The monoisotopic (exact) mass is 296 g/mol. The second-order valence-corrected chi connectivity index (χ2v) is 6.06. The molecular weight excluding hydrogens is 278 g/mol. The van der Waals surface area contributed by atoms with Gasteiger partial charge in [0, 0.05) is 5.02 Å². The molecule has 1 N–H and O–H groups in total. The SMILES string of the molecule is [2H]OC(C(Oc1ccc(Cl)cc1)n1cncn1)C(C)(C)C. The van der Waals surface area contributed by atoms with E-state index >= 15 is 0 Å². The molecular formula is C14H18ClN3O2.